The molecule has 5 heteroatoms. The summed E-state index contributed by atoms with van der Waals surface area (Å²) in [5.74, 6) is 0.241. The normalized spacial score (nSPS) is 15.7. The van der Waals surface area contributed by atoms with Crippen LogP contribution in [0, 0.1) is 5.92 Å². The zero-order valence-electron chi connectivity index (χ0n) is 14.1. The number of hydrogen-bond donors (Lipinski definition) is 2. The molecule has 1 fully saturated rings. The van der Waals surface area contributed by atoms with Crippen LogP contribution in [0.15, 0.2) is 23.3 Å². The van der Waals surface area contributed by atoms with Gasteiger partial charge >= 0.3 is 0 Å². The highest BCUT2D eigenvalue weighted by Gasteiger charge is 2.20. The highest BCUT2D eigenvalue weighted by molar-refractivity contribution is 5.86. The summed E-state index contributed by atoms with van der Waals surface area (Å²) in [5, 5.41) is 14.1. The van der Waals surface area contributed by atoms with Crippen molar-refractivity contribution in [3.63, 3.8) is 0 Å². The van der Waals surface area contributed by atoms with E-state index in [9.17, 15) is 9.90 Å². The van der Waals surface area contributed by atoms with Crippen molar-refractivity contribution in [3.05, 3.63) is 23.8 Å². The van der Waals surface area contributed by atoms with E-state index >= 15 is 0 Å². The monoisotopic (exact) mass is 317 g/mol. The average Bonchev–Trinajstić information content (AvgIpc) is 2.58. The number of hydrazone groups is 1. The van der Waals surface area contributed by atoms with Gasteiger partial charge in [0.1, 0.15) is 5.75 Å². The van der Waals surface area contributed by atoms with E-state index < -0.39 is 0 Å². The molecule has 0 spiro atoms. The van der Waals surface area contributed by atoms with Gasteiger partial charge in [-0.15, -0.1) is 0 Å². The molecule has 126 valence electrons. The summed E-state index contributed by atoms with van der Waals surface area (Å²) in [6.07, 6.45) is 6.86. The highest BCUT2D eigenvalue weighted by atomic mass is 16.3. The molecule has 0 bridgehead atoms. The largest absolute Gasteiger partial charge is 0.507 e. The fourth-order valence-electron chi connectivity index (χ4n) is 3.05. The lowest BCUT2D eigenvalue weighted by molar-refractivity contribution is -0.125. The van der Waals surface area contributed by atoms with E-state index in [1.165, 1.54) is 12.6 Å². The van der Waals surface area contributed by atoms with Crippen LogP contribution in [0.5, 0.6) is 5.75 Å². The first kappa shape index (κ1) is 17.3. The van der Waals surface area contributed by atoms with Gasteiger partial charge in [0, 0.05) is 36.3 Å². The van der Waals surface area contributed by atoms with Crippen molar-refractivity contribution in [2.45, 2.75) is 46.0 Å². The fraction of sp³-hybridized carbons (Fsp3) is 0.556. The van der Waals surface area contributed by atoms with Crippen LogP contribution in [-0.2, 0) is 4.79 Å². The number of amides is 1. The molecule has 0 radical (unpaired) electrons. The van der Waals surface area contributed by atoms with Crippen LogP contribution in [0.25, 0.3) is 0 Å². The smallest absolute Gasteiger partial charge is 0.243 e. The lowest BCUT2D eigenvalue weighted by Gasteiger charge is -2.21. The molecule has 1 saturated carbocycles. The third-order valence-electron chi connectivity index (χ3n) is 4.50. The van der Waals surface area contributed by atoms with Gasteiger partial charge in [-0.2, -0.15) is 5.10 Å². The number of aromatic hydroxyl groups is 1. The topological polar surface area (TPSA) is 64.9 Å². The molecule has 1 aliphatic rings. The Morgan fingerprint density at radius 2 is 2.00 bits per heavy atom. The molecule has 5 nitrogen and oxygen atoms in total. The van der Waals surface area contributed by atoms with E-state index in [-0.39, 0.29) is 17.6 Å². The molecular formula is C18H27N3O2. The van der Waals surface area contributed by atoms with Crippen molar-refractivity contribution in [2.75, 3.05) is 18.0 Å². The van der Waals surface area contributed by atoms with Gasteiger partial charge in [0.05, 0.1) is 6.21 Å². The Morgan fingerprint density at radius 3 is 2.61 bits per heavy atom. The number of carbonyl (C=O) groups excluding carboxylic acids is 1. The van der Waals surface area contributed by atoms with E-state index in [0.29, 0.717) is 5.56 Å². The fourth-order valence-corrected chi connectivity index (χ4v) is 3.05. The summed E-state index contributed by atoms with van der Waals surface area (Å²) in [6.45, 7) is 5.94. The molecule has 1 aliphatic carbocycles. The van der Waals surface area contributed by atoms with E-state index in [4.69, 9.17) is 0 Å². The summed E-state index contributed by atoms with van der Waals surface area (Å²) < 4.78 is 0. The molecule has 0 heterocycles. The summed E-state index contributed by atoms with van der Waals surface area (Å²) in [6, 6.07) is 5.51. The number of carbonyl (C=O) groups is 1. The third-order valence-corrected chi connectivity index (χ3v) is 4.50. The number of phenols is 1. The summed E-state index contributed by atoms with van der Waals surface area (Å²) in [5.41, 5.74) is 4.18. The average molecular weight is 317 g/mol. The lowest BCUT2D eigenvalue weighted by atomic mass is 9.89. The van der Waals surface area contributed by atoms with Crippen LogP contribution in [0.2, 0.25) is 0 Å². The molecule has 0 aliphatic heterocycles. The first-order chi connectivity index (χ1) is 11.2. The molecule has 2 rings (SSSR count). The third kappa shape index (κ3) is 4.71. The van der Waals surface area contributed by atoms with Crippen LogP contribution in [0.1, 0.15) is 51.5 Å². The molecule has 1 aromatic rings. The van der Waals surface area contributed by atoms with Crippen molar-refractivity contribution in [1.82, 2.24) is 5.43 Å². The molecule has 1 aromatic carbocycles. The zero-order valence-corrected chi connectivity index (χ0v) is 14.1. The number of nitrogens with one attached hydrogen (secondary N) is 1. The zero-order chi connectivity index (χ0) is 16.7. The van der Waals surface area contributed by atoms with Gasteiger partial charge < -0.3 is 10.0 Å². The predicted molar refractivity (Wildman–Crippen MR) is 94.0 cm³/mol. The first-order valence-electron chi connectivity index (χ1n) is 8.56. The predicted octanol–water partition coefficient (Wildman–Crippen LogP) is 3.27. The highest BCUT2D eigenvalue weighted by Crippen LogP contribution is 2.24. The maximum Gasteiger partial charge on any atom is 0.243 e. The standard InChI is InChI=1S/C18H27N3O2/c1-3-21(4-2)16-11-10-15(17(22)12-16)13-19-20-18(23)14-8-6-5-7-9-14/h10-14,22H,3-9H2,1-2H3,(H,20,23)/b19-13-. The molecule has 0 atom stereocenters. The Hall–Kier alpha value is -2.04. The number of hydrogen-bond acceptors (Lipinski definition) is 4. The van der Waals surface area contributed by atoms with E-state index in [2.05, 4.69) is 29.3 Å². The van der Waals surface area contributed by atoms with Gasteiger partial charge in [-0.3, -0.25) is 4.79 Å². The minimum atomic E-state index is -0.0137. The number of phenolic OH excluding ortho intramolecular Hbond substituents is 1. The molecule has 2 N–H and O–H groups in total. The Morgan fingerprint density at radius 1 is 1.30 bits per heavy atom. The van der Waals surface area contributed by atoms with Gasteiger partial charge in [-0.1, -0.05) is 19.3 Å². The number of benzene rings is 1. The summed E-state index contributed by atoms with van der Waals surface area (Å²) in [4.78, 5) is 14.2. The van der Waals surface area contributed by atoms with E-state index in [1.807, 2.05) is 12.1 Å². The van der Waals surface area contributed by atoms with E-state index in [0.717, 1.165) is 44.5 Å². The minimum absolute atomic E-state index is 0.0137. The number of anilines is 1. The van der Waals surface area contributed by atoms with Crippen LogP contribution in [0.3, 0.4) is 0 Å². The molecule has 0 saturated heterocycles. The number of rotatable bonds is 6. The molecule has 23 heavy (non-hydrogen) atoms. The Balaban J connectivity index is 1.95. The minimum Gasteiger partial charge on any atom is -0.507 e. The van der Waals surface area contributed by atoms with Gasteiger partial charge in [0.2, 0.25) is 5.91 Å². The molecular weight excluding hydrogens is 290 g/mol. The van der Waals surface area contributed by atoms with Crippen molar-refractivity contribution >= 4 is 17.8 Å². The summed E-state index contributed by atoms with van der Waals surface area (Å²) in [7, 11) is 0. The second-order valence-corrected chi connectivity index (χ2v) is 5.98. The first-order valence-corrected chi connectivity index (χ1v) is 8.56. The van der Waals surface area contributed by atoms with Crippen LogP contribution in [-0.4, -0.2) is 30.3 Å². The summed E-state index contributed by atoms with van der Waals surface area (Å²) >= 11 is 0. The SMILES string of the molecule is CCN(CC)c1ccc(/C=N\NC(=O)C2CCCCC2)c(O)c1. The maximum absolute atomic E-state index is 12.0. The van der Waals surface area contributed by atoms with Crippen molar-refractivity contribution in [1.29, 1.82) is 0 Å². The van der Waals surface area contributed by atoms with Crippen LogP contribution >= 0.6 is 0 Å². The van der Waals surface area contributed by atoms with Gasteiger partial charge in [-0.05, 0) is 38.8 Å². The quantitative estimate of drug-likeness (QED) is 0.625. The Bertz CT molecular complexity index is 547. The van der Waals surface area contributed by atoms with Crippen molar-refractivity contribution in [3.8, 4) is 5.75 Å². The van der Waals surface area contributed by atoms with Gasteiger partial charge in [-0.25, -0.2) is 5.43 Å². The van der Waals surface area contributed by atoms with Crippen LogP contribution < -0.4 is 10.3 Å². The van der Waals surface area contributed by atoms with Gasteiger partial charge in [0.25, 0.3) is 0 Å². The van der Waals surface area contributed by atoms with Crippen molar-refractivity contribution in [2.24, 2.45) is 11.0 Å². The maximum atomic E-state index is 12.0. The Labute approximate surface area is 138 Å². The van der Waals surface area contributed by atoms with E-state index in [1.54, 1.807) is 6.07 Å². The molecule has 1 amide bonds. The van der Waals surface area contributed by atoms with Crippen molar-refractivity contribution < 1.29 is 9.90 Å². The second-order valence-electron chi connectivity index (χ2n) is 5.98. The van der Waals surface area contributed by atoms with Crippen LogP contribution in [0.4, 0.5) is 5.69 Å². The molecule has 0 aromatic heterocycles. The van der Waals surface area contributed by atoms with Gasteiger partial charge in [0.15, 0.2) is 0 Å². The Kier molecular flexibility index (Phi) is 6.44. The molecule has 0 unspecified atom stereocenters. The lowest BCUT2D eigenvalue weighted by Crippen LogP contribution is -2.28. The second kappa shape index (κ2) is 8.56. The number of nitrogens with zero attached hydrogens (tertiary/aromatic N) is 2.